The fourth-order valence-electron chi connectivity index (χ4n) is 0.903. The van der Waals surface area contributed by atoms with Gasteiger partial charge in [-0.05, 0) is 25.4 Å². The molecule has 1 aromatic carbocycles. The van der Waals surface area contributed by atoms with Crippen LogP contribution in [0.5, 0.6) is 0 Å². The first kappa shape index (κ1) is 15.0. The van der Waals surface area contributed by atoms with Crippen molar-refractivity contribution < 1.29 is 9.90 Å². The minimum atomic E-state index is -0.913. The van der Waals surface area contributed by atoms with Gasteiger partial charge in [0.15, 0.2) is 0 Å². The van der Waals surface area contributed by atoms with Crippen molar-refractivity contribution in [3.05, 3.63) is 35.9 Å². The fourth-order valence-corrected chi connectivity index (χ4v) is 1.39. The van der Waals surface area contributed by atoms with Crippen LogP contribution in [-0.2, 0) is 4.79 Å². The van der Waals surface area contributed by atoms with Crippen LogP contribution in [0.2, 0.25) is 0 Å². The Bertz CT molecular complexity index is 290. The van der Waals surface area contributed by atoms with E-state index in [1.165, 1.54) is 5.56 Å². The van der Waals surface area contributed by atoms with E-state index in [-0.39, 0.29) is 0 Å². The van der Waals surface area contributed by atoms with E-state index in [1.54, 1.807) is 11.8 Å². The predicted molar refractivity (Wildman–Crippen MR) is 69.8 cm³/mol. The summed E-state index contributed by atoms with van der Waals surface area (Å²) in [6.45, 7) is 2.08. The molecule has 16 heavy (non-hydrogen) atoms. The molecule has 0 saturated carbocycles. The van der Waals surface area contributed by atoms with Crippen LogP contribution >= 0.6 is 11.8 Å². The molecule has 0 bridgehead atoms. The number of rotatable bonds is 4. The van der Waals surface area contributed by atoms with E-state index >= 15 is 0 Å². The molecule has 3 N–H and O–H groups in total. The molecule has 1 aromatic rings. The van der Waals surface area contributed by atoms with E-state index in [1.807, 2.05) is 24.5 Å². The summed E-state index contributed by atoms with van der Waals surface area (Å²) < 4.78 is 0. The van der Waals surface area contributed by atoms with Crippen LogP contribution in [0.15, 0.2) is 30.3 Å². The van der Waals surface area contributed by atoms with Crippen molar-refractivity contribution in [3.8, 4) is 0 Å². The van der Waals surface area contributed by atoms with Gasteiger partial charge in [0, 0.05) is 0 Å². The SMILES string of the molecule is CSCCC(N)C(=O)O.Cc1ccccc1. The summed E-state index contributed by atoms with van der Waals surface area (Å²) in [5.74, 6) is -0.1000. The number of carbonyl (C=O) groups is 1. The molecule has 0 aliphatic carbocycles. The average Bonchev–Trinajstić information content (AvgIpc) is 2.27. The molecule has 3 nitrogen and oxygen atoms in total. The highest BCUT2D eigenvalue weighted by Gasteiger charge is 2.08. The van der Waals surface area contributed by atoms with Crippen molar-refractivity contribution in [2.24, 2.45) is 5.73 Å². The van der Waals surface area contributed by atoms with Gasteiger partial charge in [0.1, 0.15) is 6.04 Å². The lowest BCUT2D eigenvalue weighted by atomic mass is 10.2. The van der Waals surface area contributed by atoms with Gasteiger partial charge in [-0.2, -0.15) is 11.8 Å². The van der Waals surface area contributed by atoms with Gasteiger partial charge < -0.3 is 10.8 Å². The number of aryl methyl sites for hydroxylation is 1. The van der Waals surface area contributed by atoms with Crippen LogP contribution in [0, 0.1) is 6.92 Å². The Morgan fingerprint density at radius 3 is 2.31 bits per heavy atom. The van der Waals surface area contributed by atoms with E-state index in [4.69, 9.17) is 10.8 Å². The van der Waals surface area contributed by atoms with Crippen molar-refractivity contribution in [2.75, 3.05) is 12.0 Å². The molecule has 0 amide bonds. The van der Waals surface area contributed by atoms with Gasteiger partial charge in [0.25, 0.3) is 0 Å². The number of aliphatic carboxylic acids is 1. The number of carboxylic acids is 1. The van der Waals surface area contributed by atoms with Gasteiger partial charge in [-0.3, -0.25) is 4.79 Å². The highest BCUT2D eigenvalue weighted by Crippen LogP contribution is 1.97. The zero-order valence-electron chi connectivity index (χ0n) is 9.72. The Balaban J connectivity index is 0.000000288. The van der Waals surface area contributed by atoms with Crippen molar-refractivity contribution in [3.63, 3.8) is 0 Å². The van der Waals surface area contributed by atoms with Gasteiger partial charge in [-0.25, -0.2) is 0 Å². The van der Waals surface area contributed by atoms with Crippen molar-refractivity contribution in [1.29, 1.82) is 0 Å². The van der Waals surface area contributed by atoms with Crippen LogP contribution in [0.4, 0.5) is 0 Å². The summed E-state index contributed by atoms with van der Waals surface area (Å²) in [5, 5.41) is 8.27. The van der Waals surface area contributed by atoms with Crippen LogP contribution < -0.4 is 5.73 Å². The summed E-state index contributed by atoms with van der Waals surface area (Å²) >= 11 is 1.60. The summed E-state index contributed by atoms with van der Waals surface area (Å²) in [7, 11) is 0. The Morgan fingerprint density at radius 2 is 2.00 bits per heavy atom. The molecule has 0 spiro atoms. The van der Waals surface area contributed by atoms with Gasteiger partial charge >= 0.3 is 5.97 Å². The zero-order chi connectivity index (χ0) is 12.4. The second-order valence-corrected chi connectivity index (χ2v) is 4.37. The maximum Gasteiger partial charge on any atom is 0.320 e. The molecule has 1 atom stereocenters. The Labute approximate surface area is 101 Å². The molecule has 1 unspecified atom stereocenters. The molecule has 0 radical (unpaired) electrons. The Morgan fingerprint density at radius 1 is 1.44 bits per heavy atom. The molecule has 0 saturated heterocycles. The largest absolute Gasteiger partial charge is 0.480 e. The first-order valence-electron chi connectivity index (χ1n) is 5.07. The normalized spacial score (nSPS) is 11.2. The van der Waals surface area contributed by atoms with Gasteiger partial charge in [-0.15, -0.1) is 0 Å². The minimum Gasteiger partial charge on any atom is -0.480 e. The molecule has 0 heterocycles. The average molecular weight is 241 g/mol. The third-order valence-electron chi connectivity index (χ3n) is 1.89. The maximum atomic E-state index is 10.1. The molecule has 4 heteroatoms. The standard InChI is InChI=1S/C7H8.C5H11NO2S/c1-7-5-3-2-4-6-7;1-9-3-2-4(6)5(7)8/h2-6H,1H3;4H,2-3,6H2,1H3,(H,7,8). The van der Waals surface area contributed by atoms with Gasteiger partial charge in [0.2, 0.25) is 0 Å². The minimum absolute atomic E-state index is 0.552. The highest BCUT2D eigenvalue weighted by molar-refractivity contribution is 7.98. The van der Waals surface area contributed by atoms with E-state index < -0.39 is 12.0 Å². The monoisotopic (exact) mass is 241 g/mol. The van der Waals surface area contributed by atoms with Crippen LogP contribution in [0.1, 0.15) is 12.0 Å². The molecular weight excluding hydrogens is 222 g/mol. The molecule has 0 aliphatic rings. The number of thioether (sulfide) groups is 1. The maximum absolute atomic E-state index is 10.1. The van der Waals surface area contributed by atoms with Gasteiger partial charge in [0.05, 0.1) is 0 Å². The van der Waals surface area contributed by atoms with Crippen LogP contribution in [0.3, 0.4) is 0 Å². The van der Waals surface area contributed by atoms with Crippen molar-refractivity contribution >= 4 is 17.7 Å². The molecule has 0 aliphatic heterocycles. The lowest BCUT2D eigenvalue weighted by Gasteiger charge is -2.02. The van der Waals surface area contributed by atoms with E-state index in [9.17, 15) is 4.79 Å². The topological polar surface area (TPSA) is 63.3 Å². The number of benzene rings is 1. The summed E-state index contributed by atoms with van der Waals surface area (Å²) in [6, 6.07) is 9.58. The number of hydrogen-bond acceptors (Lipinski definition) is 3. The quantitative estimate of drug-likeness (QED) is 0.847. The van der Waals surface area contributed by atoms with Crippen LogP contribution in [-0.4, -0.2) is 29.1 Å². The molecule has 0 fully saturated rings. The number of nitrogens with two attached hydrogens (primary N) is 1. The molecule has 1 rings (SSSR count). The Hall–Kier alpha value is -1.00. The smallest absolute Gasteiger partial charge is 0.320 e. The Kier molecular flexibility index (Phi) is 8.66. The predicted octanol–water partition coefficient (Wildman–Crippen LogP) is 2.15. The van der Waals surface area contributed by atoms with Gasteiger partial charge in [-0.1, -0.05) is 35.9 Å². The highest BCUT2D eigenvalue weighted by atomic mass is 32.2. The third-order valence-corrected chi connectivity index (χ3v) is 2.53. The molecule has 0 aromatic heterocycles. The lowest BCUT2D eigenvalue weighted by molar-refractivity contribution is -0.138. The van der Waals surface area contributed by atoms with E-state index in [0.29, 0.717) is 6.42 Å². The number of hydrogen-bond donors (Lipinski definition) is 2. The van der Waals surface area contributed by atoms with Crippen molar-refractivity contribution in [2.45, 2.75) is 19.4 Å². The lowest BCUT2D eigenvalue weighted by Crippen LogP contribution is -2.30. The molecular formula is C12H19NO2S. The molecule has 90 valence electrons. The van der Waals surface area contributed by atoms with Crippen molar-refractivity contribution in [1.82, 2.24) is 0 Å². The van der Waals surface area contributed by atoms with E-state index in [2.05, 4.69) is 19.1 Å². The summed E-state index contributed by atoms with van der Waals surface area (Å²) in [6.07, 6.45) is 2.48. The second kappa shape index (κ2) is 9.24. The fraction of sp³-hybridized carbons (Fsp3) is 0.417. The third kappa shape index (κ3) is 8.32. The second-order valence-electron chi connectivity index (χ2n) is 3.38. The first-order chi connectivity index (χ1) is 7.57. The van der Waals surface area contributed by atoms with E-state index in [0.717, 1.165) is 5.75 Å². The zero-order valence-corrected chi connectivity index (χ0v) is 10.5. The number of carboxylic acid groups (broad SMARTS) is 1. The van der Waals surface area contributed by atoms with Crippen LogP contribution in [0.25, 0.3) is 0 Å². The summed E-state index contributed by atoms with van der Waals surface area (Å²) in [5.41, 5.74) is 6.51. The first-order valence-corrected chi connectivity index (χ1v) is 6.46. The summed E-state index contributed by atoms with van der Waals surface area (Å²) in [4.78, 5) is 10.1.